The molecule has 1 aromatic rings. The van der Waals surface area contributed by atoms with E-state index in [0.29, 0.717) is 31.5 Å². The van der Waals surface area contributed by atoms with Crippen molar-refractivity contribution in [3.05, 3.63) is 42.0 Å². The Balaban J connectivity index is 1.41. The lowest BCUT2D eigenvalue weighted by atomic mass is 9.85. The molecule has 9 heteroatoms. The SMILES string of the molecule is CN(C)S(=O)(=O)c1ccc(C(=O)N2CC(N3C(=O)C4CC=CCC4C3=O)C2)cc1. The molecule has 2 unspecified atom stereocenters. The van der Waals surface area contributed by atoms with Crippen LogP contribution in [0.1, 0.15) is 23.2 Å². The summed E-state index contributed by atoms with van der Waals surface area (Å²) >= 11 is 0. The number of benzene rings is 1. The van der Waals surface area contributed by atoms with Crippen LogP contribution in [0, 0.1) is 11.8 Å². The number of hydrogen-bond acceptors (Lipinski definition) is 5. The lowest BCUT2D eigenvalue weighted by molar-refractivity contribution is -0.145. The van der Waals surface area contributed by atoms with Crippen LogP contribution in [-0.4, -0.2) is 73.5 Å². The van der Waals surface area contributed by atoms with E-state index < -0.39 is 10.0 Å². The Labute approximate surface area is 169 Å². The number of carbonyl (C=O) groups is 3. The van der Waals surface area contributed by atoms with Crippen molar-refractivity contribution in [2.24, 2.45) is 11.8 Å². The molecule has 0 saturated carbocycles. The molecule has 0 radical (unpaired) electrons. The first-order valence-corrected chi connectivity index (χ1v) is 11.0. The predicted molar refractivity (Wildman–Crippen MR) is 104 cm³/mol. The Bertz CT molecular complexity index is 967. The minimum absolute atomic E-state index is 0.116. The third-order valence-electron chi connectivity index (χ3n) is 5.94. The van der Waals surface area contributed by atoms with Crippen LogP contribution in [0.15, 0.2) is 41.3 Å². The van der Waals surface area contributed by atoms with Gasteiger partial charge in [0.15, 0.2) is 0 Å². The van der Waals surface area contributed by atoms with E-state index in [1.54, 1.807) is 4.90 Å². The van der Waals surface area contributed by atoms with E-state index in [-0.39, 0.29) is 40.5 Å². The van der Waals surface area contributed by atoms with Crippen LogP contribution >= 0.6 is 0 Å². The summed E-state index contributed by atoms with van der Waals surface area (Å²) in [6.07, 6.45) is 5.10. The van der Waals surface area contributed by atoms with E-state index in [1.165, 1.54) is 43.3 Å². The van der Waals surface area contributed by atoms with Gasteiger partial charge in [-0.15, -0.1) is 0 Å². The number of sulfonamides is 1. The summed E-state index contributed by atoms with van der Waals surface area (Å²) < 4.78 is 25.4. The monoisotopic (exact) mass is 417 g/mol. The number of imide groups is 1. The first-order chi connectivity index (χ1) is 13.7. The van der Waals surface area contributed by atoms with Gasteiger partial charge in [0.1, 0.15) is 0 Å². The van der Waals surface area contributed by atoms with Crippen molar-refractivity contribution >= 4 is 27.7 Å². The number of fused-ring (bicyclic) bond motifs is 1. The fraction of sp³-hybridized carbons (Fsp3) is 0.450. The molecule has 2 fully saturated rings. The molecule has 154 valence electrons. The van der Waals surface area contributed by atoms with Crippen LogP contribution in [0.5, 0.6) is 0 Å². The zero-order valence-electron chi connectivity index (χ0n) is 16.3. The number of allylic oxidation sites excluding steroid dienone is 2. The van der Waals surface area contributed by atoms with Crippen LogP contribution in [0.3, 0.4) is 0 Å². The first-order valence-electron chi connectivity index (χ1n) is 9.55. The molecule has 0 spiro atoms. The van der Waals surface area contributed by atoms with Gasteiger partial charge in [-0.3, -0.25) is 19.3 Å². The van der Waals surface area contributed by atoms with Gasteiger partial charge in [0, 0.05) is 32.7 Å². The molecule has 1 aromatic carbocycles. The van der Waals surface area contributed by atoms with Gasteiger partial charge in [-0.2, -0.15) is 0 Å². The molecule has 8 nitrogen and oxygen atoms in total. The second-order valence-electron chi connectivity index (χ2n) is 7.88. The maximum atomic E-state index is 12.7. The molecular formula is C20H23N3O5S. The minimum Gasteiger partial charge on any atom is -0.334 e. The molecule has 3 aliphatic rings. The number of likely N-dealkylation sites (tertiary alicyclic amines) is 2. The average Bonchev–Trinajstić information content (AvgIpc) is 2.92. The maximum Gasteiger partial charge on any atom is 0.253 e. The van der Waals surface area contributed by atoms with E-state index in [1.807, 2.05) is 12.2 Å². The van der Waals surface area contributed by atoms with E-state index in [2.05, 4.69) is 0 Å². The molecule has 2 aliphatic heterocycles. The highest BCUT2D eigenvalue weighted by molar-refractivity contribution is 7.89. The highest BCUT2D eigenvalue weighted by atomic mass is 32.2. The van der Waals surface area contributed by atoms with Crippen molar-refractivity contribution in [1.82, 2.24) is 14.1 Å². The van der Waals surface area contributed by atoms with Crippen molar-refractivity contribution in [3.63, 3.8) is 0 Å². The number of carbonyl (C=O) groups excluding carboxylic acids is 3. The topological polar surface area (TPSA) is 95.1 Å². The van der Waals surface area contributed by atoms with Crippen molar-refractivity contribution < 1.29 is 22.8 Å². The number of nitrogens with zero attached hydrogens (tertiary/aromatic N) is 3. The Morgan fingerprint density at radius 1 is 0.966 bits per heavy atom. The van der Waals surface area contributed by atoms with Crippen LogP contribution in [0.2, 0.25) is 0 Å². The smallest absolute Gasteiger partial charge is 0.253 e. The standard InChI is InChI=1S/C20H23N3O5S/c1-21(2)29(27,28)15-9-7-13(8-10-15)18(24)22-11-14(12-22)23-19(25)16-5-3-4-6-17(16)20(23)26/h3-4,7-10,14,16-17H,5-6,11-12H2,1-2H3. The van der Waals surface area contributed by atoms with Crippen LogP contribution in [-0.2, 0) is 19.6 Å². The Morgan fingerprint density at radius 3 is 1.97 bits per heavy atom. The highest BCUT2D eigenvalue weighted by Gasteiger charge is 2.52. The van der Waals surface area contributed by atoms with Gasteiger partial charge in [-0.25, -0.2) is 12.7 Å². The van der Waals surface area contributed by atoms with Gasteiger partial charge >= 0.3 is 0 Å². The van der Waals surface area contributed by atoms with Gasteiger partial charge in [-0.1, -0.05) is 12.2 Å². The van der Waals surface area contributed by atoms with Gasteiger partial charge in [0.25, 0.3) is 5.91 Å². The highest BCUT2D eigenvalue weighted by Crippen LogP contribution is 2.37. The quantitative estimate of drug-likeness (QED) is 0.531. The van der Waals surface area contributed by atoms with Crippen molar-refractivity contribution in [3.8, 4) is 0 Å². The zero-order chi connectivity index (χ0) is 20.9. The van der Waals surface area contributed by atoms with E-state index in [9.17, 15) is 22.8 Å². The largest absolute Gasteiger partial charge is 0.334 e. The molecule has 29 heavy (non-hydrogen) atoms. The molecule has 0 N–H and O–H groups in total. The Kier molecular flexibility index (Phi) is 4.82. The van der Waals surface area contributed by atoms with Crippen molar-refractivity contribution in [1.29, 1.82) is 0 Å². The molecular weight excluding hydrogens is 394 g/mol. The van der Waals surface area contributed by atoms with Crippen molar-refractivity contribution in [2.45, 2.75) is 23.8 Å². The van der Waals surface area contributed by atoms with Gasteiger partial charge in [0.2, 0.25) is 21.8 Å². The van der Waals surface area contributed by atoms with Gasteiger partial charge < -0.3 is 4.90 Å². The minimum atomic E-state index is -3.55. The molecule has 2 heterocycles. The molecule has 2 saturated heterocycles. The summed E-state index contributed by atoms with van der Waals surface area (Å²) in [5.74, 6) is -1.01. The first kappa shape index (κ1) is 19.8. The predicted octanol–water partition coefficient (Wildman–Crippen LogP) is 0.713. The summed E-state index contributed by atoms with van der Waals surface area (Å²) in [5, 5.41) is 0. The summed E-state index contributed by atoms with van der Waals surface area (Å²) in [5.41, 5.74) is 0.373. The molecule has 4 rings (SSSR count). The molecule has 0 aromatic heterocycles. The van der Waals surface area contributed by atoms with Crippen LogP contribution in [0.4, 0.5) is 0 Å². The fourth-order valence-corrected chi connectivity index (χ4v) is 5.03. The lowest BCUT2D eigenvalue weighted by Gasteiger charge is -2.43. The van der Waals surface area contributed by atoms with E-state index in [0.717, 1.165) is 4.31 Å². The molecule has 2 atom stereocenters. The lowest BCUT2D eigenvalue weighted by Crippen LogP contribution is -2.62. The number of amides is 3. The molecule has 1 aliphatic carbocycles. The third kappa shape index (κ3) is 3.18. The fourth-order valence-electron chi connectivity index (χ4n) is 4.13. The van der Waals surface area contributed by atoms with Gasteiger partial charge in [0.05, 0.1) is 22.8 Å². The van der Waals surface area contributed by atoms with E-state index >= 15 is 0 Å². The second-order valence-corrected chi connectivity index (χ2v) is 10.0. The third-order valence-corrected chi connectivity index (χ3v) is 7.77. The van der Waals surface area contributed by atoms with Crippen LogP contribution < -0.4 is 0 Å². The van der Waals surface area contributed by atoms with E-state index in [4.69, 9.17) is 0 Å². The number of hydrogen-bond donors (Lipinski definition) is 0. The summed E-state index contributed by atoms with van der Waals surface area (Å²) in [4.78, 5) is 41.0. The Hall–Kier alpha value is -2.52. The van der Waals surface area contributed by atoms with Crippen molar-refractivity contribution in [2.75, 3.05) is 27.2 Å². The molecule has 0 bridgehead atoms. The Morgan fingerprint density at radius 2 is 1.48 bits per heavy atom. The maximum absolute atomic E-state index is 12.7. The second kappa shape index (κ2) is 7.07. The summed E-state index contributed by atoms with van der Waals surface area (Å²) in [7, 11) is -0.660. The average molecular weight is 417 g/mol. The number of rotatable bonds is 4. The van der Waals surface area contributed by atoms with Gasteiger partial charge in [-0.05, 0) is 37.1 Å². The zero-order valence-corrected chi connectivity index (χ0v) is 17.1. The molecule has 3 amide bonds. The summed E-state index contributed by atoms with van der Waals surface area (Å²) in [6.45, 7) is 0.613. The normalized spacial score (nSPS) is 24.8. The van der Waals surface area contributed by atoms with Crippen LogP contribution in [0.25, 0.3) is 0 Å². The summed E-state index contributed by atoms with van der Waals surface area (Å²) in [6, 6.07) is 5.50.